The van der Waals surface area contributed by atoms with Gasteiger partial charge < -0.3 is 19.3 Å². The highest BCUT2D eigenvalue weighted by molar-refractivity contribution is 5.53. The summed E-state index contributed by atoms with van der Waals surface area (Å²) in [5.41, 5.74) is 1.10. The van der Waals surface area contributed by atoms with Crippen LogP contribution < -0.4 is 16.0 Å². The molecule has 3 aromatic carbocycles. The molecule has 2 aliphatic heterocycles. The fourth-order valence-corrected chi connectivity index (χ4v) is 6.71. The number of H-pyrrole nitrogens is 1. The highest BCUT2D eigenvalue weighted by Gasteiger charge is 2.53. The number of aliphatic hydroxyl groups excluding tert-OH is 1. The number of hydrogen-bond acceptors (Lipinski definition) is 7. The molecule has 1 aromatic heterocycles. The van der Waals surface area contributed by atoms with E-state index < -0.39 is 35.1 Å². The third-order valence-electron chi connectivity index (χ3n) is 8.87. The smallest absolute Gasteiger partial charge is 0.330 e. The monoisotopic (exact) mass is 583 g/mol. The summed E-state index contributed by atoms with van der Waals surface area (Å²) < 4.78 is 19.3. The maximum Gasteiger partial charge on any atom is 0.330 e. The summed E-state index contributed by atoms with van der Waals surface area (Å²) >= 11 is 0. The predicted octanol–water partition coefficient (Wildman–Crippen LogP) is 3.24. The van der Waals surface area contributed by atoms with Crippen LogP contribution in [-0.2, 0) is 14.9 Å². The van der Waals surface area contributed by atoms with Gasteiger partial charge in [0.2, 0.25) is 0 Å². The lowest BCUT2D eigenvalue weighted by atomic mass is 9.64. The van der Waals surface area contributed by atoms with Crippen molar-refractivity contribution in [3.05, 3.63) is 134 Å². The van der Waals surface area contributed by atoms with Crippen molar-refractivity contribution in [1.29, 1.82) is 0 Å². The minimum absolute atomic E-state index is 0.229. The van der Waals surface area contributed by atoms with Crippen LogP contribution in [0.3, 0.4) is 0 Å². The quantitative estimate of drug-likeness (QED) is 0.307. The van der Waals surface area contributed by atoms with Crippen molar-refractivity contribution in [2.24, 2.45) is 0 Å². The highest BCUT2D eigenvalue weighted by Crippen LogP contribution is 2.47. The standard InChI is InChI=1S/C34H37N3O6/c1-23-22-37(33(40)35-32(23)39)29-21-28(36-17-19-42-20-18-36)30(43-29)31(38)34(24-9-5-3-6-10-24,25-11-7-4-8-12-25)26-13-15-27(41-2)16-14-26/h3-16,22,28-31,38H,17-21H2,1-2H3,(H,35,39,40)/t28-,29+,30-,31?/m0/s1. The molecule has 0 radical (unpaired) electrons. The molecule has 0 bridgehead atoms. The fourth-order valence-electron chi connectivity index (χ4n) is 6.71. The van der Waals surface area contributed by atoms with Gasteiger partial charge in [-0.1, -0.05) is 72.8 Å². The number of methoxy groups -OCH3 is 1. The Balaban J connectivity index is 1.54. The Kier molecular flexibility index (Phi) is 8.32. The van der Waals surface area contributed by atoms with E-state index in [0.717, 1.165) is 16.7 Å². The van der Waals surface area contributed by atoms with E-state index in [1.165, 1.54) is 4.57 Å². The van der Waals surface area contributed by atoms with Crippen molar-refractivity contribution < 1.29 is 19.3 Å². The van der Waals surface area contributed by atoms with Crippen LogP contribution in [0, 0.1) is 6.92 Å². The number of rotatable bonds is 8. The molecular formula is C34H37N3O6. The largest absolute Gasteiger partial charge is 0.497 e. The Morgan fingerprint density at radius 1 is 0.907 bits per heavy atom. The molecule has 9 heteroatoms. The summed E-state index contributed by atoms with van der Waals surface area (Å²) in [6, 6.07) is 27.5. The fraction of sp³-hybridized carbons (Fsp3) is 0.353. The van der Waals surface area contributed by atoms with Gasteiger partial charge in [0, 0.05) is 37.3 Å². The van der Waals surface area contributed by atoms with Gasteiger partial charge in [-0.15, -0.1) is 0 Å². The Hall–Kier alpha value is -4.02. The number of ether oxygens (including phenoxy) is 3. The molecule has 2 fully saturated rings. The SMILES string of the molecule is COc1ccc(C(c2ccccc2)(c2ccccc2)C(O)[C@H]2O[C@@H](n3cc(C)c(=O)[nH]c3=O)C[C@@H]2N2CCOCC2)cc1. The molecule has 6 rings (SSSR count). The molecule has 2 aliphatic rings. The van der Waals surface area contributed by atoms with Crippen LogP contribution in [0.1, 0.15) is 34.9 Å². The van der Waals surface area contributed by atoms with Crippen molar-refractivity contribution in [2.75, 3.05) is 33.4 Å². The van der Waals surface area contributed by atoms with E-state index in [1.54, 1.807) is 20.2 Å². The highest BCUT2D eigenvalue weighted by atomic mass is 16.5. The topological polar surface area (TPSA) is 106 Å². The maximum atomic E-state index is 13.0. The van der Waals surface area contributed by atoms with Crippen LogP contribution in [0.2, 0.25) is 0 Å². The Labute approximate surface area is 250 Å². The minimum Gasteiger partial charge on any atom is -0.497 e. The van der Waals surface area contributed by atoms with E-state index in [9.17, 15) is 14.7 Å². The van der Waals surface area contributed by atoms with E-state index >= 15 is 0 Å². The van der Waals surface area contributed by atoms with Crippen molar-refractivity contribution >= 4 is 0 Å². The molecule has 3 heterocycles. The molecule has 2 saturated heterocycles. The van der Waals surface area contributed by atoms with E-state index in [4.69, 9.17) is 14.2 Å². The molecule has 4 atom stereocenters. The van der Waals surface area contributed by atoms with Crippen molar-refractivity contribution in [1.82, 2.24) is 14.5 Å². The number of aliphatic hydroxyl groups is 1. The van der Waals surface area contributed by atoms with Gasteiger partial charge in [-0.3, -0.25) is 19.2 Å². The maximum absolute atomic E-state index is 13.0. The van der Waals surface area contributed by atoms with Gasteiger partial charge in [-0.05, 0) is 35.7 Å². The number of aromatic amines is 1. The number of aryl methyl sites for hydroxylation is 1. The lowest BCUT2D eigenvalue weighted by Crippen LogP contribution is -2.56. The van der Waals surface area contributed by atoms with Crippen LogP contribution in [0.15, 0.2) is 101 Å². The second-order valence-corrected chi connectivity index (χ2v) is 11.2. The Morgan fingerprint density at radius 2 is 1.49 bits per heavy atom. The Bertz CT molecular complexity index is 1590. The molecule has 0 aliphatic carbocycles. The van der Waals surface area contributed by atoms with Gasteiger partial charge in [-0.25, -0.2) is 4.79 Å². The molecule has 224 valence electrons. The van der Waals surface area contributed by atoms with Crippen molar-refractivity contribution in [3.63, 3.8) is 0 Å². The molecule has 0 saturated carbocycles. The van der Waals surface area contributed by atoms with E-state index in [1.807, 2.05) is 84.9 Å². The number of morpholine rings is 1. The lowest BCUT2D eigenvalue weighted by Gasteiger charge is -2.45. The summed E-state index contributed by atoms with van der Waals surface area (Å²) in [6.45, 7) is 4.16. The third-order valence-corrected chi connectivity index (χ3v) is 8.87. The van der Waals surface area contributed by atoms with Crippen LogP contribution in [0.5, 0.6) is 5.75 Å². The van der Waals surface area contributed by atoms with Gasteiger partial charge >= 0.3 is 5.69 Å². The summed E-state index contributed by atoms with van der Waals surface area (Å²) in [4.78, 5) is 29.8. The first-order valence-electron chi connectivity index (χ1n) is 14.7. The van der Waals surface area contributed by atoms with Crippen LogP contribution in [0.4, 0.5) is 0 Å². The zero-order valence-electron chi connectivity index (χ0n) is 24.4. The minimum atomic E-state index is -1.08. The van der Waals surface area contributed by atoms with Gasteiger partial charge in [0.05, 0.1) is 31.8 Å². The molecule has 4 aromatic rings. The molecule has 2 N–H and O–H groups in total. The van der Waals surface area contributed by atoms with Gasteiger partial charge in [0.15, 0.2) is 0 Å². The summed E-state index contributed by atoms with van der Waals surface area (Å²) in [6.07, 6.45) is -0.471. The molecule has 0 spiro atoms. The zero-order chi connectivity index (χ0) is 30.0. The average Bonchev–Trinajstić information content (AvgIpc) is 3.50. The van der Waals surface area contributed by atoms with Gasteiger partial charge in [0.1, 0.15) is 18.1 Å². The van der Waals surface area contributed by atoms with E-state index in [0.29, 0.717) is 44.0 Å². The predicted molar refractivity (Wildman–Crippen MR) is 163 cm³/mol. The molecule has 0 amide bonds. The lowest BCUT2D eigenvalue weighted by molar-refractivity contribution is -0.0971. The Morgan fingerprint density at radius 3 is 2.07 bits per heavy atom. The second kappa shape index (κ2) is 12.3. The molecule has 43 heavy (non-hydrogen) atoms. The summed E-state index contributed by atoms with van der Waals surface area (Å²) in [7, 11) is 1.63. The van der Waals surface area contributed by atoms with Gasteiger partial charge in [0.25, 0.3) is 5.56 Å². The molecule has 1 unspecified atom stereocenters. The first-order valence-corrected chi connectivity index (χ1v) is 14.7. The number of benzene rings is 3. The second-order valence-electron chi connectivity index (χ2n) is 11.2. The van der Waals surface area contributed by atoms with Crippen LogP contribution >= 0.6 is 0 Å². The third kappa shape index (κ3) is 5.34. The zero-order valence-corrected chi connectivity index (χ0v) is 24.4. The van der Waals surface area contributed by atoms with Crippen molar-refractivity contribution in [3.8, 4) is 5.75 Å². The number of nitrogens with zero attached hydrogens (tertiary/aromatic N) is 2. The number of nitrogens with one attached hydrogen (secondary N) is 1. The normalized spacial score (nSPS) is 21.9. The average molecular weight is 584 g/mol. The van der Waals surface area contributed by atoms with Gasteiger partial charge in [-0.2, -0.15) is 0 Å². The van der Waals surface area contributed by atoms with Crippen LogP contribution in [-0.4, -0.2) is 71.2 Å². The first kappa shape index (κ1) is 29.1. The summed E-state index contributed by atoms with van der Waals surface area (Å²) in [5, 5.41) is 12.9. The van der Waals surface area contributed by atoms with E-state index in [2.05, 4.69) is 9.88 Å². The molecular weight excluding hydrogens is 546 g/mol. The first-order chi connectivity index (χ1) is 20.9. The molecule has 9 nitrogen and oxygen atoms in total. The van der Waals surface area contributed by atoms with Crippen molar-refractivity contribution in [2.45, 2.75) is 43.2 Å². The summed E-state index contributed by atoms with van der Waals surface area (Å²) in [5.74, 6) is 0.712. The van der Waals surface area contributed by atoms with Crippen LogP contribution in [0.25, 0.3) is 0 Å². The number of hydrogen-bond donors (Lipinski definition) is 2. The van der Waals surface area contributed by atoms with E-state index in [-0.39, 0.29) is 6.04 Å². The number of aromatic nitrogens is 2.